The molecule has 2 aromatic carbocycles. The fourth-order valence-electron chi connectivity index (χ4n) is 3.34. The topological polar surface area (TPSA) is 23.6 Å². The fraction of sp³-hybridized carbons (Fsp3) is 0.381. The van der Waals surface area contributed by atoms with Gasteiger partial charge in [0, 0.05) is 39.1 Å². The van der Waals surface area contributed by atoms with Gasteiger partial charge in [-0.05, 0) is 48.2 Å². The van der Waals surface area contributed by atoms with E-state index in [-0.39, 0.29) is 17.5 Å². The van der Waals surface area contributed by atoms with Gasteiger partial charge in [0.15, 0.2) is 0 Å². The van der Waals surface area contributed by atoms with Gasteiger partial charge in [-0.3, -0.25) is 9.69 Å². The van der Waals surface area contributed by atoms with Gasteiger partial charge in [0.05, 0.1) is 0 Å². The first-order chi connectivity index (χ1) is 12.6. The minimum Gasteiger partial charge on any atom is -0.343 e. The molecule has 0 unspecified atom stereocenters. The summed E-state index contributed by atoms with van der Waals surface area (Å²) in [6, 6.07) is 13.0. The van der Waals surface area contributed by atoms with E-state index in [9.17, 15) is 13.6 Å². The first kappa shape index (κ1) is 18.5. The maximum atomic E-state index is 13.1. The van der Waals surface area contributed by atoms with Crippen molar-refractivity contribution in [1.82, 2.24) is 9.80 Å². The van der Waals surface area contributed by atoms with Crippen LogP contribution >= 0.6 is 0 Å². The van der Waals surface area contributed by atoms with Gasteiger partial charge in [-0.15, -0.1) is 0 Å². The highest BCUT2D eigenvalue weighted by Crippen LogP contribution is 2.14. The minimum absolute atomic E-state index is 0.244. The second-order valence-electron chi connectivity index (χ2n) is 6.80. The number of carbonyl (C=O) groups excluding carboxylic acids is 1. The van der Waals surface area contributed by atoms with E-state index in [2.05, 4.69) is 4.90 Å². The second kappa shape index (κ2) is 8.90. The third kappa shape index (κ3) is 5.36. The highest BCUT2D eigenvalue weighted by atomic mass is 19.1. The van der Waals surface area contributed by atoms with E-state index in [1.165, 1.54) is 24.3 Å². The summed E-state index contributed by atoms with van der Waals surface area (Å²) < 4.78 is 26.3. The standard InChI is InChI=1S/C21H24F2N2O/c22-19-8-4-17(5-9-19)15-24(16-18-6-10-20(23)11-7-18)12-2-14-25-13-1-3-21(25)26/h4-11H,1-3,12-16H2. The van der Waals surface area contributed by atoms with Crippen molar-refractivity contribution in [2.75, 3.05) is 19.6 Å². The van der Waals surface area contributed by atoms with Crippen molar-refractivity contribution in [2.24, 2.45) is 0 Å². The van der Waals surface area contributed by atoms with E-state index in [4.69, 9.17) is 0 Å². The molecule has 1 aliphatic rings. The van der Waals surface area contributed by atoms with Crippen molar-refractivity contribution in [2.45, 2.75) is 32.4 Å². The van der Waals surface area contributed by atoms with Crippen molar-refractivity contribution >= 4 is 5.91 Å². The lowest BCUT2D eigenvalue weighted by Gasteiger charge is -2.24. The van der Waals surface area contributed by atoms with E-state index in [1.54, 1.807) is 24.3 Å². The summed E-state index contributed by atoms with van der Waals surface area (Å²) in [5, 5.41) is 0. The molecule has 5 heteroatoms. The molecule has 0 radical (unpaired) electrons. The number of hydrogen-bond donors (Lipinski definition) is 0. The smallest absolute Gasteiger partial charge is 0.222 e. The quantitative estimate of drug-likeness (QED) is 0.713. The van der Waals surface area contributed by atoms with Crippen LogP contribution in [0.3, 0.4) is 0 Å². The van der Waals surface area contributed by atoms with Crippen LogP contribution in [0.5, 0.6) is 0 Å². The molecule has 0 aromatic heterocycles. The molecule has 138 valence electrons. The summed E-state index contributed by atoms with van der Waals surface area (Å²) in [7, 11) is 0. The zero-order chi connectivity index (χ0) is 18.4. The van der Waals surface area contributed by atoms with Gasteiger partial charge in [-0.2, -0.15) is 0 Å². The van der Waals surface area contributed by atoms with Crippen LogP contribution < -0.4 is 0 Å². The molecule has 3 rings (SSSR count). The van der Waals surface area contributed by atoms with Crippen LogP contribution in [0.1, 0.15) is 30.4 Å². The predicted octanol–water partition coefficient (Wildman–Crippen LogP) is 3.98. The maximum Gasteiger partial charge on any atom is 0.222 e. The third-order valence-corrected chi connectivity index (χ3v) is 4.71. The number of benzene rings is 2. The van der Waals surface area contributed by atoms with Crippen LogP contribution in [0.2, 0.25) is 0 Å². The summed E-state index contributed by atoms with van der Waals surface area (Å²) >= 11 is 0. The normalized spacial score (nSPS) is 14.4. The summed E-state index contributed by atoms with van der Waals surface area (Å²) in [6.45, 7) is 3.81. The predicted molar refractivity (Wildman–Crippen MR) is 97.3 cm³/mol. The highest BCUT2D eigenvalue weighted by molar-refractivity contribution is 5.77. The van der Waals surface area contributed by atoms with Crippen LogP contribution in [-0.2, 0) is 17.9 Å². The molecular weight excluding hydrogens is 334 g/mol. The molecule has 0 N–H and O–H groups in total. The largest absolute Gasteiger partial charge is 0.343 e. The number of amides is 1. The average Bonchev–Trinajstić information content (AvgIpc) is 3.04. The fourth-order valence-corrected chi connectivity index (χ4v) is 3.34. The number of rotatable bonds is 8. The monoisotopic (exact) mass is 358 g/mol. The molecule has 2 aromatic rings. The molecule has 26 heavy (non-hydrogen) atoms. The van der Waals surface area contributed by atoms with Gasteiger partial charge in [-0.25, -0.2) is 8.78 Å². The maximum absolute atomic E-state index is 13.1. The van der Waals surface area contributed by atoms with Crippen LogP contribution in [0.15, 0.2) is 48.5 Å². The van der Waals surface area contributed by atoms with E-state index >= 15 is 0 Å². The molecule has 1 fully saturated rings. The van der Waals surface area contributed by atoms with Gasteiger partial charge < -0.3 is 4.90 Å². The summed E-state index contributed by atoms with van der Waals surface area (Å²) in [4.78, 5) is 15.9. The Hall–Kier alpha value is -2.27. The second-order valence-corrected chi connectivity index (χ2v) is 6.80. The van der Waals surface area contributed by atoms with Gasteiger partial charge in [0.25, 0.3) is 0 Å². The molecule has 3 nitrogen and oxygen atoms in total. The minimum atomic E-state index is -0.244. The number of nitrogens with zero attached hydrogens (tertiary/aromatic N) is 2. The van der Waals surface area contributed by atoms with Crippen LogP contribution in [0.4, 0.5) is 8.78 Å². The van der Waals surface area contributed by atoms with Crippen molar-refractivity contribution in [3.05, 3.63) is 71.3 Å². The molecule has 0 spiro atoms. The number of likely N-dealkylation sites (tertiary alicyclic amines) is 1. The SMILES string of the molecule is O=C1CCCN1CCCN(Cc1ccc(F)cc1)Cc1ccc(F)cc1. The highest BCUT2D eigenvalue weighted by Gasteiger charge is 2.19. The van der Waals surface area contributed by atoms with Gasteiger partial charge in [-0.1, -0.05) is 24.3 Å². The number of halogens is 2. The number of hydrogen-bond acceptors (Lipinski definition) is 2. The Morgan fingerprint density at radius 3 is 1.88 bits per heavy atom. The first-order valence-electron chi connectivity index (χ1n) is 9.09. The van der Waals surface area contributed by atoms with Crippen molar-refractivity contribution < 1.29 is 13.6 Å². The lowest BCUT2D eigenvalue weighted by atomic mass is 10.1. The van der Waals surface area contributed by atoms with Crippen LogP contribution in [-0.4, -0.2) is 35.3 Å². The van der Waals surface area contributed by atoms with E-state index < -0.39 is 0 Å². The van der Waals surface area contributed by atoms with Gasteiger partial charge in [0.1, 0.15) is 11.6 Å². The Bertz CT molecular complexity index is 668. The first-order valence-corrected chi connectivity index (χ1v) is 9.09. The van der Waals surface area contributed by atoms with E-state index in [0.29, 0.717) is 19.5 Å². The average molecular weight is 358 g/mol. The van der Waals surface area contributed by atoms with Crippen molar-refractivity contribution in [3.8, 4) is 0 Å². The zero-order valence-electron chi connectivity index (χ0n) is 14.8. The number of carbonyl (C=O) groups is 1. The lowest BCUT2D eigenvalue weighted by molar-refractivity contribution is -0.127. The van der Waals surface area contributed by atoms with Crippen LogP contribution in [0.25, 0.3) is 0 Å². The van der Waals surface area contributed by atoms with Gasteiger partial charge >= 0.3 is 0 Å². The summed E-state index contributed by atoms with van der Waals surface area (Å²) in [6.07, 6.45) is 2.50. The van der Waals surface area contributed by atoms with Crippen LogP contribution in [0, 0.1) is 11.6 Å². The van der Waals surface area contributed by atoms with Gasteiger partial charge in [0.2, 0.25) is 5.91 Å². The van der Waals surface area contributed by atoms with Crippen molar-refractivity contribution in [1.29, 1.82) is 0 Å². The Morgan fingerprint density at radius 2 is 1.42 bits per heavy atom. The van der Waals surface area contributed by atoms with E-state index in [1.807, 2.05) is 4.90 Å². The van der Waals surface area contributed by atoms with E-state index in [0.717, 1.165) is 43.6 Å². The molecular formula is C21H24F2N2O. The molecule has 0 aliphatic carbocycles. The Kier molecular flexibility index (Phi) is 6.34. The third-order valence-electron chi connectivity index (χ3n) is 4.71. The molecule has 1 heterocycles. The Balaban J connectivity index is 1.60. The zero-order valence-corrected chi connectivity index (χ0v) is 14.8. The molecule has 1 aliphatic heterocycles. The molecule has 1 saturated heterocycles. The Labute approximate surface area is 153 Å². The lowest BCUT2D eigenvalue weighted by Crippen LogP contribution is -2.30. The molecule has 0 atom stereocenters. The molecule has 0 saturated carbocycles. The molecule has 1 amide bonds. The Morgan fingerprint density at radius 1 is 0.885 bits per heavy atom. The summed E-state index contributed by atoms with van der Waals surface area (Å²) in [5.74, 6) is -0.244. The molecule has 0 bridgehead atoms. The summed E-state index contributed by atoms with van der Waals surface area (Å²) in [5.41, 5.74) is 2.07. The van der Waals surface area contributed by atoms with Crippen molar-refractivity contribution in [3.63, 3.8) is 0 Å².